The number of aryl methyl sites for hydroxylation is 1. The Morgan fingerprint density at radius 2 is 1.90 bits per heavy atom. The van der Waals surface area contributed by atoms with Gasteiger partial charge in [-0.25, -0.2) is 9.07 Å². The van der Waals surface area contributed by atoms with Crippen LogP contribution in [0, 0.1) is 18.7 Å². The molecule has 9 heteroatoms. The lowest BCUT2D eigenvalue weighted by Gasteiger charge is -2.34. The van der Waals surface area contributed by atoms with E-state index in [0.29, 0.717) is 18.3 Å². The lowest BCUT2D eigenvalue weighted by atomic mass is 10.0. The van der Waals surface area contributed by atoms with Crippen LogP contribution < -0.4 is 5.32 Å². The van der Waals surface area contributed by atoms with Crippen LogP contribution >= 0.6 is 12.4 Å². The molecule has 4 rings (SSSR count). The highest BCUT2D eigenvalue weighted by atomic mass is 35.5. The van der Waals surface area contributed by atoms with Crippen LogP contribution in [0.1, 0.15) is 43.1 Å². The molecule has 1 unspecified atom stereocenters. The number of nitrogens with zero attached hydrogens (tertiary/aromatic N) is 5. The van der Waals surface area contributed by atoms with E-state index in [1.807, 2.05) is 4.90 Å². The minimum atomic E-state index is -0.517. The molecule has 29 heavy (non-hydrogen) atoms. The van der Waals surface area contributed by atoms with Crippen LogP contribution in [0.25, 0.3) is 0 Å². The minimum absolute atomic E-state index is 0. The third-order valence-corrected chi connectivity index (χ3v) is 5.78. The molecule has 2 heterocycles. The van der Waals surface area contributed by atoms with Crippen LogP contribution in [0.3, 0.4) is 0 Å². The molecule has 2 aromatic rings. The van der Waals surface area contributed by atoms with Gasteiger partial charge in [0.25, 0.3) is 0 Å². The van der Waals surface area contributed by atoms with Crippen molar-refractivity contribution in [2.75, 3.05) is 19.6 Å². The van der Waals surface area contributed by atoms with Crippen molar-refractivity contribution in [2.24, 2.45) is 5.92 Å². The number of nitrogens with one attached hydrogen (secondary N) is 1. The molecule has 0 bridgehead atoms. The summed E-state index contributed by atoms with van der Waals surface area (Å²) in [6.07, 6.45) is 5.07. The first kappa shape index (κ1) is 21.6. The van der Waals surface area contributed by atoms with Crippen molar-refractivity contribution in [2.45, 2.75) is 51.1 Å². The predicted octanol–water partition coefficient (Wildman–Crippen LogP) is 2.32. The van der Waals surface area contributed by atoms with E-state index in [0.717, 1.165) is 44.0 Å². The number of rotatable bonds is 7. The van der Waals surface area contributed by atoms with Gasteiger partial charge in [0, 0.05) is 25.6 Å². The number of likely N-dealkylation sites (tertiary alicyclic amines) is 1. The van der Waals surface area contributed by atoms with Crippen LogP contribution in [0.2, 0.25) is 0 Å². The fourth-order valence-electron chi connectivity index (χ4n) is 3.82. The molecule has 0 spiro atoms. The second-order valence-corrected chi connectivity index (χ2v) is 7.97. The van der Waals surface area contributed by atoms with E-state index in [1.54, 1.807) is 23.7 Å². The zero-order valence-electron chi connectivity index (χ0n) is 16.6. The van der Waals surface area contributed by atoms with Gasteiger partial charge in [0.15, 0.2) is 0 Å². The van der Waals surface area contributed by atoms with Crippen LogP contribution in [0.5, 0.6) is 0 Å². The number of carbonyl (C=O) groups excluding carboxylic acids is 1. The van der Waals surface area contributed by atoms with Gasteiger partial charge in [-0.05, 0) is 73.2 Å². The Bertz CT molecular complexity index is 802. The summed E-state index contributed by atoms with van der Waals surface area (Å²) < 4.78 is 14.8. The molecule has 1 aromatic carbocycles. The zero-order chi connectivity index (χ0) is 19.5. The van der Waals surface area contributed by atoms with Gasteiger partial charge in [-0.15, -0.1) is 17.5 Å². The molecular formula is C20H28ClFN6O. The average molecular weight is 423 g/mol. The quantitative estimate of drug-likeness (QED) is 0.741. The first-order chi connectivity index (χ1) is 13.6. The zero-order valence-corrected chi connectivity index (χ0v) is 17.4. The number of amides is 1. The van der Waals surface area contributed by atoms with Crippen molar-refractivity contribution >= 4 is 18.3 Å². The number of aromatic nitrogens is 4. The molecule has 1 N–H and O–H groups in total. The number of hydrogen-bond acceptors (Lipinski definition) is 5. The van der Waals surface area contributed by atoms with E-state index in [-0.39, 0.29) is 24.1 Å². The standard InChI is InChI=1S/C20H27FN6O.ClH/c1-14-23-24-25-27(14)19(12-15-4-6-17(21)7-5-15)20(28)26-10-8-18(9-11-26)22-13-16-2-3-16;/h4-7,16,18-19,22H,2-3,8-13H2,1H3;1H. The van der Waals surface area contributed by atoms with Crippen LogP contribution in [-0.4, -0.2) is 56.7 Å². The third kappa shape index (κ3) is 5.51. The van der Waals surface area contributed by atoms with E-state index < -0.39 is 6.04 Å². The molecule has 7 nitrogen and oxygen atoms in total. The summed E-state index contributed by atoms with van der Waals surface area (Å²) in [4.78, 5) is 15.2. The van der Waals surface area contributed by atoms with Crippen molar-refractivity contribution in [3.8, 4) is 0 Å². The van der Waals surface area contributed by atoms with Gasteiger partial charge in [-0.3, -0.25) is 4.79 Å². The number of carbonyl (C=O) groups is 1. The van der Waals surface area contributed by atoms with Crippen molar-refractivity contribution in [1.82, 2.24) is 30.4 Å². The molecule has 2 fully saturated rings. The highest BCUT2D eigenvalue weighted by Gasteiger charge is 2.32. The molecule has 158 valence electrons. The first-order valence-electron chi connectivity index (χ1n) is 10.1. The Morgan fingerprint density at radius 1 is 1.21 bits per heavy atom. The smallest absolute Gasteiger partial charge is 0.247 e. The Hall–Kier alpha value is -2.06. The summed E-state index contributed by atoms with van der Waals surface area (Å²) in [7, 11) is 0. The summed E-state index contributed by atoms with van der Waals surface area (Å²) in [5.74, 6) is 1.20. The maximum atomic E-state index is 13.3. The molecule has 2 aliphatic rings. The lowest BCUT2D eigenvalue weighted by Crippen LogP contribution is -2.48. The van der Waals surface area contributed by atoms with Crippen molar-refractivity contribution < 1.29 is 9.18 Å². The van der Waals surface area contributed by atoms with Gasteiger partial charge in [0.2, 0.25) is 5.91 Å². The largest absolute Gasteiger partial charge is 0.341 e. The van der Waals surface area contributed by atoms with E-state index in [2.05, 4.69) is 20.8 Å². The highest BCUT2D eigenvalue weighted by molar-refractivity contribution is 5.85. The van der Waals surface area contributed by atoms with Gasteiger partial charge in [-0.1, -0.05) is 12.1 Å². The Labute approximate surface area is 176 Å². The maximum Gasteiger partial charge on any atom is 0.247 e. The van der Waals surface area contributed by atoms with Gasteiger partial charge in [0.05, 0.1) is 0 Å². The normalized spacial score (nSPS) is 18.3. The lowest BCUT2D eigenvalue weighted by molar-refractivity contribution is -0.136. The van der Waals surface area contributed by atoms with Gasteiger partial charge >= 0.3 is 0 Å². The van der Waals surface area contributed by atoms with Gasteiger partial charge in [-0.2, -0.15) is 0 Å². The monoisotopic (exact) mass is 422 g/mol. The van der Waals surface area contributed by atoms with E-state index in [4.69, 9.17) is 0 Å². The number of hydrogen-bond donors (Lipinski definition) is 1. The average Bonchev–Trinajstić information content (AvgIpc) is 3.45. The van der Waals surface area contributed by atoms with Crippen molar-refractivity contribution in [1.29, 1.82) is 0 Å². The predicted molar refractivity (Wildman–Crippen MR) is 109 cm³/mol. The molecule has 1 aliphatic carbocycles. The molecule has 1 saturated carbocycles. The Morgan fingerprint density at radius 3 is 2.48 bits per heavy atom. The number of piperidine rings is 1. The Balaban J connectivity index is 0.00000240. The van der Waals surface area contributed by atoms with Crippen molar-refractivity contribution in [3.05, 3.63) is 41.5 Å². The third-order valence-electron chi connectivity index (χ3n) is 5.78. The fourth-order valence-corrected chi connectivity index (χ4v) is 3.82. The summed E-state index contributed by atoms with van der Waals surface area (Å²) >= 11 is 0. The summed E-state index contributed by atoms with van der Waals surface area (Å²) in [6.45, 7) is 4.37. The molecule has 1 saturated heterocycles. The molecule has 1 aromatic heterocycles. The van der Waals surface area contributed by atoms with Crippen LogP contribution in [-0.2, 0) is 11.2 Å². The van der Waals surface area contributed by atoms with Gasteiger partial charge in [0.1, 0.15) is 17.7 Å². The fraction of sp³-hybridized carbons (Fsp3) is 0.600. The van der Waals surface area contributed by atoms with Crippen molar-refractivity contribution in [3.63, 3.8) is 0 Å². The summed E-state index contributed by atoms with van der Waals surface area (Å²) in [5, 5.41) is 15.3. The molecule has 1 amide bonds. The second kappa shape index (κ2) is 9.63. The van der Waals surface area contributed by atoms with Gasteiger partial charge < -0.3 is 10.2 Å². The number of tetrazole rings is 1. The van der Waals surface area contributed by atoms with E-state index >= 15 is 0 Å². The minimum Gasteiger partial charge on any atom is -0.341 e. The van der Waals surface area contributed by atoms with E-state index in [9.17, 15) is 9.18 Å². The molecule has 0 radical (unpaired) electrons. The first-order valence-corrected chi connectivity index (χ1v) is 10.1. The molecular weight excluding hydrogens is 395 g/mol. The highest BCUT2D eigenvalue weighted by Crippen LogP contribution is 2.28. The SMILES string of the molecule is Cc1nnnn1C(Cc1ccc(F)cc1)C(=O)N1CCC(NCC2CC2)CC1.Cl. The van der Waals surface area contributed by atoms with E-state index in [1.165, 1.54) is 25.0 Å². The Kier molecular flexibility index (Phi) is 7.18. The summed E-state index contributed by atoms with van der Waals surface area (Å²) in [6, 6.07) is 6.24. The number of benzene rings is 1. The topological polar surface area (TPSA) is 75.9 Å². The van der Waals surface area contributed by atoms with Crippen LogP contribution in [0.4, 0.5) is 4.39 Å². The summed E-state index contributed by atoms with van der Waals surface area (Å²) in [5.41, 5.74) is 0.885. The maximum absolute atomic E-state index is 13.3. The number of halogens is 2. The second-order valence-electron chi connectivity index (χ2n) is 7.97. The molecule has 1 atom stereocenters. The van der Waals surface area contributed by atoms with Crippen LogP contribution in [0.15, 0.2) is 24.3 Å². The molecule has 1 aliphatic heterocycles.